The first kappa shape index (κ1) is 13.9. The Balaban J connectivity index is 2.97. The van der Waals surface area contributed by atoms with E-state index in [1.54, 1.807) is 36.5 Å². The van der Waals surface area contributed by atoms with Crippen LogP contribution in [0.3, 0.4) is 0 Å². The fourth-order valence-electron chi connectivity index (χ4n) is 1.45. The highest BCUT2D eigenvalue weighted by molar-refractivity contribution is 5.95. The Morgan fingerprint density at radius 1 is 1.22 bits per heavy atom. The minimum absolute atomic E-state index is 0.0498. The van der Waals surface area contributed by atoms with Gasteiger partial charge in [0.15, 0.2) is 0 Å². The molecule has 1 amide bonds. The highest BCUT2D eigenvalue weighted by Gasteiger charge is 2.12. The summed E-state index contributed by atoms with van der Waals surface area (Å²) in [5.74, 6) is -0.0498. The molecule has 0 bridgehead atoms. The van der Waals surface area contributed by atoms with Crippen LogP contribution < -0.4 is 0 Å². The largest absolute Gasteiger partial charge is 0.311 e. The molecule has 1 heterocycles. The average Bonchev–Trinajstić information content (AvgIpc) is 2.43. The molecule has 1 aromatic rings. The van der Waals surface area contributed by atoms with Crippen LogP contribution in [-0.2, 0) is 0 Å². The molecule has 0 aliphatic rings. The number of carbonyl (C=O) groups is 1. The van der Waals surface area contributed by atoms with Crippen molar-refractivity contribution < 1.29 is 4.79 Å². The van der Waals surface area contributed by atoms with E-state index in [9.17, 15) is 4.79 Å². The lowest BCUT2D eigenvalue weighted by Gasteiger charge is -2.18. The summed E-state index contributed by atoms with van der Waals surface area (Å²) in [6.07, 6.45) is 12.8. The molecule has 0 fully saturated rings. The van der Waals surface area contributed by atoms with Gasteiger partial charge in [-0.1, -0.05) is 18.2 Å². The van der Waals surface area contributed by atoms with Crippen LogP contribution in [0.1, 0.15) is 24.2 Å². The Morgan fingerprint density at radius 2 is 1.89 bits per heavy atom. The van der Waals surface area contributed by atoms with E-state index >= 15 is 0 Å². The van der Waals surface area contributed by atoms with E-state index in [1.807, 2.05) is 44.2 Å². The van der Waals surface area contributed by atoms with Gasteiger partial charge in [-0.2, -0.15) is 0 Å². The van der Waals surface area contributed by atoms with Gasteiger partial charge in [-0.15, -0.1) is 0 Å². The maximum absolute atomic E-state index is 12.2. The zero-order valence-corrected chi connectivity index (χ0v) is 11.0. The van der Waals surface area contributed by atoms with Crippen molar-refractivity contribution >= 4 is 5.91 Å². The third-order valence-electron chi connectivity index (χ3n) is 2.42. The number of aromatic nitrogens is 1. The Hall–Kier alpha value is -2.16. The van der Waals surface area contributed by atoms with Crippen molar-refractivity contribution in [2.24, 2.45) is 0 Å². The lowest BCUT2D eigenvalue weighted by Crippen LogP contribution is -2.25. The predicted molar refractivity (Wildman–Crippen MR) is 74.0 cm³/mol. The number of carbonyl (C=O) groups excluding carboxylic acids is 1. The molecule has 1 aromatic heterocycles. The molecular weight excluding hydrogens is 224 g/mol. The Bertz CT molecular complexity index is 473. The van der Waals surface area contributed by atoms with Crippen LogP contribution in [0, 0.1) is 0 Å². The molecule has 3 nitrogen and oxygen atoms in total. The van der Waals surface area contributed by atoms with E-state index in [-0.39, 0.29) is 5.91 Å². The Kier molecular flexibility index (Phi) is 5.58. The van der Waals surface area contributed by atoms with Gasteiger partial charge in [-0.05, 0) is 38.1 Å². The molecule has 0 radical (unpaired) electrons. The van der Waals surface area contributed by atoms with Crippen LogP contribution in [0.5, 0.6) is 0 Å². The van der Waals surface area contributed by atoms with Crippen molar-refractivity contribution in [1.82, 2.24) is 9.88 Å². The number of hydrogen-bond acceptors (Lipinski definition) is 2. The van der Waals surface area contributed by atoms with Crippen LogP contribution in [0.4, 0.5) is 0 Å². The summed E-state index contributed by atoms with van der Waals surface area (Å²) in [6.45, 7) is 3.86. The second-order valence-electron chi connectivity index (χ2n) is 3.72. The van der Waals surface area contributed by atoms with Gasteiger partial charge < -0.3 is 4.90 Å². The molecule has 0 saturated heterocycles. The van der Waals surface area contributed by atoms with Crippen molar-refractivity contribution in [2.75, 3.05) is 7.05 Å². The van der Waals surface area contributed by atoms with Gasteiger partial charge in [0, 0.05) is 30.7 Å². The number of rotatable bonds is 4. The summed E-state index contributed by atoms with van der Waals surface area (Å²) >= 11 is 0. The summed E-state index contributed by atoms with van der Waals surface area (Å²) in [4.78, 5) is 17.8. The lowest BCUT2D eigenvalue weighted by atomic mass is 10.2. The van der Waals surface area contributed by atoms with Crippen molar-refractivity contribution in [2.45, 2.75) is 13.8 Å². The second kappa shape index (κ2) is 7.22. The van der Waals surface area contributed by atoms with E-state index < -0.39 is 0 Å². The topological polar surface area (TPSA) is 33.2 Å². The Labute approximate surface area is 108 Å². The first-order valence-corrected chi connectivity index (χ1v) is 5.84. The zero-order chi connectivity index (χ0) is 13.4. The van der Waals surface area contributed by atoms with Crippen molar-refractivity contribution in [3.05, 3.63) is 66.2 Å². The summed E-state index contributed by atoms with van der Waals surface area (Å²) in [5.41, 5.74) is 1.47. The summed E-state index contributed by atoms with van der Waals surface area (Å²) in [6, 6.07) is 3.42. The SMILES string of the molecule is C/C=C/C=C(\C=C\C)N(C)C(=O)c1ccncc1. The van der Waals surface area contributed by atoms with Crippen molar-refractivity contribution in [3.63, 3.8) is 0 Å². The summed E-state index contributed by atoms with van der Waals surface area (Å²) in [5, 5.41) is 0. The summed E-state index contributed by atoms with van der Waals surface area (Å²) < 4.78 is 0. The minimum atomic E-state index is -0.0498. The molecule has 0 aliphatic carbocycles. The third kappa shape index (κ3) is 3.70. The van der Waals surface area contributed by atoms with E-state index in [4.69, 9.17) is 0 Å². The maximum atomic E-state index is 12.2. The molecule has 0 spiro atoms. The normalized spacial score (nSPS) is 12.3. The van der Waals surface area contributed by atoms with Gasteiger partial charge in [-0.25, -0.2) is 0 Å². The molecule has 94 valence electrons. The molecule has 18 heavy (non-hydrogen) atoms. The summed E-state index contributed by atoms with van der Waals surface area (Å²) in [7, 11) is 1.76. The van der Waals surface area contributed by atoms with Gasteiger partial charge in [0.2, 0.25) is 0 Å². The number of allylic oxidation sites excluding steroid dienone is 5. The van der Waals surface area contributed by atoms with Gasteiger partial charge in [0.1, 0.15) is 0 Å². The highest BCUT2D eigenvalue weighted by Crippen LogP contribution is 2.10. The van der Waals surface area contributed by atoms with E-state index in [0.29, 0.717) is 5.56 Å². The smallest absolute Gasteiger partial charge is 0.258 e. The zero-order valence-electron chi connectivity index (χ0n) is 11.0. The fraction of sp³-hybridized carbons (Fsp3) is 0.200. The Morgan fingerprint density at radius 3 is 2.44 bits per heavy atom. The molecule has 0 aromatic carbocycles. The van der Waals surface area contributed by atoms with Gasteiger partial charge in [-0.3, -0.25) is 9.78 Å². The van der Waals surface area contributed by atoms with Crippen LogP contribution in [0.15, 0.2) is 60.6 Å². The molecule has 0 atom stereocenters. The fourth-order valence-corrected chi connectivity index (χ4v) is 1.45. The molecule has 0 N–H and O–H groups in total. The van der Waals surface area contributed by atoms with Crippen LogP contribution in [0.25, 0.3) is 0 Å². The maximum Gasteiger partial charge on any atom is 0.258 e. The molecule has 0 saturated carbocycles. The number of amides is 1. The van der Waals surface area contributed by atoms with Gasteiger partial charge >= 0.3 is 0 Å². The molecule has 0 aliphatic heterocycles. The van der Waals surface area contributed by atoms with Crippen molar-refractivity contribution in [3.8, 4) is 0 Å². The second-order valence-corrected chi connectivity index (χ2v) is 3.72. The third-order valence-corrected chi connectivity index (χ3v) is 2.42. The van der Waals surface area contributed by atoms with Crippen LogP contribution >= 0.6 is 0 Å². The van der Waals surface area contributed by atoms with E-state index in [0.717, 1.165) is 5.70 Å². The minimum Gasteiger partial charge on any atom is -0.311 e. The lowest BCUT2D eigenvalue weighted by molar-refractivity contribution is 0.0840. The van der Waals surface area contributed by atoms with Crippen molar-refractivity contribution in [1.29, 1.82) is 0 Å². The number of nitrogens with zero attached hydrogens (tertiary/aromatic N) is 2. The number of pyridine rings is 1. The predicted octanol–water partition coefficient (Wildman–Crippen LogP) is 3.19. The molecular formula is C15H18N2O. The van der Waals surface area contributed by atoms with Gasteiger partial charge in [0.25, 0.3) is 5.91 Å². The monoisotopic (exact) mass is 242 g/mol. The molecule has 1 rings (SSSR count). The number of hydrogen-bond donors (Lipinski definition) is 0. The van der Waals surface area contributed by atoms with Crippen LogP contribution in [0.2, 0.25) is 0 Å². The first-order valence-electron chi connectivity index (χ1n) is 5.84. The quantitative estimate of drug-likeness (QED) is 0.760. The van der Waals surface area contributed by atoms with Crippen LogP contribution in [-0.4, -0.2) is 22.8 Å². The number of likely N-dealkylation sites (N-methyl/N-ethyl adjacent to an activating group) is 1. The van der Waals surface area contributed by atoms with Gasteiger partial charge in [0.05, 0.1) is 0 Å². The standard InChI is InChI=1S/C15H18N2O/c1-4-6-8-14(7-5-2)17(3)15(18)13-9-11-16-12-10-13/h4-12H,1-3H3/b6-4+,7-5+,14-8+. The van der Waals surface area contributed by atoms with E-state index in [2.05, 4.69) is 4.98 Å². The average molecular weight is 242 g/mol. The molecule has 3 heteroatoms. The van der Waals surface area contributed by atoms with E-state index in [1.165, 1.54) is 0 Å². The molecule has 0 unspecified atom stereocenters. The highest BCUT2D eigenvalue weighted by atomic mass is 16.2. The first-order chi connectivity index (χ1) is 8.70.